The van der Waals surface area contributed by atoms with E-state index in [4.69, 9.17) is 0 Å². The molecule has 35 heavy (non-hydrogen) atoms. The quantitative estimate of drug-likeness (QED) is 0.580. The highest BCUT2D eigenvalue weighted by Crippen LogP contribution is 2.73. The van der Waals surface area contributed by atoms with Gasteiger partial charge in [0.05, 0.1) is 5.69 Å². The number of fused-ring (bicyclic) bond motifs is 1. The molecule has 186 valence electrons. The first-order valence-corrected chi connectivity index (χ1v) is 13.5. The number of benzene rings is 1. The molecule has 1 N–H and O–H groups in total. The van der Waals surface area contributed by atoms with Gasteiger partial charge in [-0.25, -0.2) is 9.97 Å². The molecule has 1 aromatic carbocycles. The summed E-state index contributed by atoms with van der Waals surface area (Å²) in [5.74, 6) is 1.64. The second kappa shape index (κ2) is 7.86. The van der Waals surface area contributed by atoms with Gasteiger partial charge in [0.1, 0.15) is 12.1 Å². The van der Waals surface area contributed by atoms with Crippen molar-refractivity contribution >= 4 is 11.7 Å². The van der Waals surface area contributed by atoms with Gasteiger partial charge in [-0.1, -0.05) is 58.0 Å². The van der Waals surface area contributed by atoms with Crippen LogP contribution in [0, 0.1) is 27.6 Å². The number of hydrogen-bond acceptors (Lipinski definition) is 4. The Morgan fingerprint density at radius 3 is 2.46 bits per heavy atom. The zero-order valence-corrected chi connectivity index (χ0v) is 21.9. The number of anilines is 1. The van der Waals surface area contributed by atoms with Crippen LogP contribution >= 0.6 is 0 Å². The fourth-order valence-corrected chi connectivity index (χ4v) is 9.14. The van der Waals surface area contributed by atoms with Crippen molar-refractivity contribution < 1.29 is 4.79 Å². The fraction of sp³-hybridized carbons (Fsp3) is 0.633. The van der Waals surface area contributed by atoms with Crippen LogP contribution in [-0.2, 0) is 24.3 Å². The summed E-state index contributed by atoms with van der Waals surface area (Å²) in [5, 5.41) is 3.32. The Morgan fingerprint density at radius 1 is 1.06 bits per heavy atom. The van der Waals surface area contributed by atoms with Crippen LogP contribution in [0.4, 0.5) is 5.82 Å². The molecule has 5 nitrogen and oxygen atoms in total. The van der Waals surface area contributed by atoms with Gasteiger partial charge in [-0.05, 0) is 72.7 Å². The minimum absolute atomic E-state index is 0.0829. The number of nitrogens with one attached hydrogen (secondary N) is 1. The van der Waals surface area contributed by atoms with Crippen molar-refractivity contribution in [2.45, 2.75) is 85.7 Å². The zero-order chi connectivity index (χ0) is 24.5. The Morgan fingerprint density at radius 2 is 1.77 bits per heavy atom. The van der Waals surface area contributed by atoms with Crippen LogP contribution in [0.1, 0.15) is 83.0 Å². The van der Waals surface area contributed by atoms with Crippen LogP contribution in [-0.4, -0.2) is 27.3 Å². The Kier molecular flexibility index (Phi) is 5.20. The predicted molar refractivity (Wildman–Crippen MR) is 139 cm³/mol. The Balaban J connectivity index is 1.21. The molecular formula is C30H40N4O. The zero-order valence-electron chi connectivity index (χ0n) is 21.9. The molecule has 4 saturated carbocycles. The lowest BCUT2D eigenvalue weighted by atomic mass is 9.36. The number of hydrogen-bond donors (Lipinski definition) is 1. The van der Waals surface area contributed by atoms with Gasteiger partial charge in [0, 0.05) is 30.6 Å². The van der Waals surface area contributed by atoms with E-state index in [0.29, 0.717) is 10.8 Å². The third-order valence-electron chi connectivity index (χ3n) is 10.1. The summed E-state index contributed by atoms with van der Waals surface area (Å²) in [7, 11) is 0. The molecule has 2 aromatic rings. The highest BCUT2D eigenvalue weighted by Gasteiger charge is 2.65. The third-order valence-corrected chi connectivity index (χ3v) is 10.1. The fourth-order valence-electron chi connectivity index (χ4n) is 9.14. The Hall–Kier alpha value is -2.27. The van der Waals surface area contributed by atoms with E-state index in [1.165, 1.54) is 44.1 Å². The number of carbonyl (C=O) groups is 1. The lowest BCUT2D eigenvalue weighted by Gasteiger charge is -2.68. The van der Waals surface area contributed by atoms with Crippen molar-refractivity contribution in [2.24, 2.45) is 27.6 Å². The average Bonchev–Trinajstić information content (AvgIpc) is 2.77. The van der Waals surface area contributed by atoms with Crippen LogP contribution in [0.15, 0.2) is 36.7 Å². The molecule has 0 spiro atoms. The molecule has 2 unspecified atom stereocenters. The van der Waals surface area contributed by atoms with E-state index >= 15 is 0 Å². The van der Waals surface area contributed by atoms with Crippen LogP contribution < -0.4 is 5.32 Å². The molecule has 0 saturated heterocycles. The van der Waals surface area contributed by atoms with E-state index in [1.54, 1.807) is 6.33 Å². The van der Waals surface area contributed by atoms with E-state index in [-0.39, 0.29) is 11.3 Å². The number of carbonyl (C=O) groups excluding carboxylic acids is 1. The third kappa shape index (κ3) is 3.91. The molecule has 1 aromatic heterocycles. The monoisotopic (exact) mass is 472 g/mol. The second-order valence-corrected chi connectivity index (χ2v) is 13.6. The molecule has 1 amide bonds. The lowest BCUT2D eigenvalue weighted by Crippen LogP contribution is -2.61. The molecule has 5 heteroatoms. The molecule has 1 aliphatic heterocycles. The highest BCUT2D eigenvalue weighted by molar-refractivity contribution is 5.95. The van der Waals surface area contributed by atoms with Gasteiger partial charge in [-0.3, -0.25) is 9.69 Å². The lowest BCUT2D eigenvalue weighted by molar-refractivity contribution is -0.190. The first kappa shape index (κ1) is 23.1. The molecule has 4 fully saturated rings. The van der Waals surface area contributed by atoms with E-state index in [0.717, 1.165) is 49.0 Å². The summed E-state index contributed by atoms with van der Waals surface area (Å²) in [6, 6.07) is 10.6. The number of amides is 1. The number of aromatic nitrogens is 2. The molecule has 7 rings (SSSR count). The topological polar surface area (TPSA) is 58.1 Å². The maximum Gasteiger partial charge on any atom is 0.231 e. The molecule has 2 heterocycles. The normalized spacial score (nSPS) is 34.0. The van der Waals surface area contributed by atoms with Crippen LogP contribution in [0.5, 0.6) is 0 Å². The smallest absolute Gasteiger partial charge is 0.231 e. The SMILES string of the molecule is CC12CC3CC(C)(C1)CC(C(C)(C)C(=O)Nc1ncnc4c1CCN(Cc1ccccc1)C4)(C3)C2. The predicted octanol–water partition coefficient (Wildman–Crippen LogP) is 6.00. The molecule has 2 atom stereocenters. The maximum absolute atomic E-state index is 14.0. The van der Waals surface area contributed by atoms with Crippen LogP contribution in [0.3, 0.4) is 0 Å². The van der Waals surface area contributed by atoms with Crippen molar-refractivity contribution in [1.82, 2.24) is 14.9 Å². The van der Waals surface area contributed by atoms with Crippen molar-refractivity contribution in [1.29, 1.82) is 0 Å². The van der Waals surface area contributed by atoms with E-state index in [1.807, 2.05) is 0 Å². The molecular weight excluding hydrogens is 432 g/mol. The Labute approximate surface area is 210 Å². The van der Waals surface area contributed by atoms with Gasteiger partial charge in [0.15, 0.2) is 0 Å². The second-order valence-electron chi connectivity index (χ2n) is 13.6. The van der Waals surface area contributed by atoms with E-state index in [9.17, 15) is 4.79 Å². The molecule has 0 radical (unpaired) electrons. The van der Waals surface area contributed by atoms with Crippen LogP contribution in [0.2, 0.25) is 0 Å². The summed E-state index contributed by atoms with van der Waals surface area (Å²) in [6.45, 7) is 12.0. The first-order valence-electron chi connectivity index (χ1n) is 13.5. The summed E-state index contributed by atoms with van der Waals surface area (Å²) >= 11 is 0. The van der Waals surface area contributed by atoms with Crippen molar-refractivity contribution in [2.75, 3.05) is 11.9 Å². The largest absolute Gasteiger partial charge is 0.310 e. The van der Waals surface area contributed by atoms with Crippen molar-refractivity contribution in [3.8, 4) is 0 Å². The molecule has 4 aliphatic carbocycles. The first-order chi connectivity index (χ1) is 16.6. The maximum atomic E-state index is 14.0. The Bertz CT molecular complexity index is 1120. The van der Waals surface area contributed by atoms with Crippen molar-refractivity contribution in [3.05, 3.63) is 53.5 Å². The summed E-state index contributed by atoms with van der Waals surface area (Å²) in [4.78, 5) is 25.6. The summed E-state index contributed by atoms with van der Waals surface area (Å²) in [5.41, 5.74) is 3.92. The minimum Gasteiger partial charge on any atom is -0.310 e. The van der Waals surface area contributed by atoms with Gasteiger partial charge in [0.2, 0.25) is 5.91 Å². The average molecular weight is 473 g/mol. The minimum atomic E-state index is -0.430. The van der Waals surface area contributed by atoms with Gasteiger partial charge in [-0.2, -0.15) is 0 Å². The van der Waals surface area contributed by atoms with Crippen molar-refractivity contribution in [3.63, 3.8) is 0 Å². The number of nitrogens with zero attached hydrogens (tertiary/aromatic N) is 3. The van der Waals surface area contributed by atoms with Gasteiger partial charge in [-0.15, -0.1) is 0 Å². The van der Waals surface area contributed by atoms with E-state index in [2.05, 4.69) is 78.2 Å². The molecule has 4 bridgehead atoms. The molecule has 5 aliphatic rings. The summed E-state index contributed by atoms with van der Waals surface area (Å²) in [6.07, 6.45) is 10.1. The highest BCUT2D eigenvalue weighted by atomic mass is 16.2. The van der Waals surface area contributed by atoms with Gasteiger partial charge < -0.3 is 5.32 Å². The van der Waals surface area contributed by atoms with Crippen LogP contribution in [0.25, 0.3) is 0 Å². The van der Waals surface area contributed by atoms with E-state index < -0.39 is 5.41 Å². The standard InChI is InChI=1S/C30H40N4O/c1-27(2,30-14-22-12-28(3,18-30)17-29(4,13-22)19-30)26(35)33-25-23-10-11-34(16-24(23)31-20-32-25)15-21-8-6-5-7-9-21/h5-9,20,22H,10-19H2,1-4H3,(H,31,32,33,35). The van der Waals surface area contributed by atoms with Gasteiger partial charge in [0.25, 0.3) is 0 Å². The van der Waals surface area contributed by atoms with Gasteiger partial charge >= 0.3 is 0 Å². The summed E-state index contributed by atoms with van der Waals surface area (Å²) < 4.78 is 0. The number of rotatable bonds is 5.